The summed E-state index contributed by atoms with van der Waals surface area (Å²) in [5.74, 6) is 2.24. The first kappa shape index (κ1) is 12.7. The molecule has 1 rings (SSSR count). The summed E-state index contributed by atoms with van der Waals surface area (Å²) in [6.45, 7) is 11.0. The van der Waals surface area contributed by atoms with Gasteiger partial charge in [0.05, 0.1) is 0 Å². The molecule has 0 aromatic rings. The summed E-state index contributed by atoms with van der Waals surface area (Å²) >= 11 is 0. The third kappa shape index (κ3) is 2.11. The minimum atomic E-state index is 0.265. The molecular weight excluding hydrogens is 184 g/mol. The second kappa shape index (κ2) is 4.67. The average molecular weight is 210 g/mol. The van der Waals surface area contributed by atoms with Crippen LogP contribution in [0.1, 0.15) is 60.3 Å². The van der Waals surface area contributed by atoms with Crippen molar-refractivity contribution in [2.24, 2.45) is 23.2 Å². The molecule has 1 heteroatoms. The van der Waals surface area contributed by atoms with E-state index in [4.69, 9.17) is 0 Å². The molecule has 4 atom stereocenters. The highest BCUT2D eigenvalue weighted by Crippen LogP contribution is 2.53. The van der Waals surface area contributed by atoms with E-state index in [9.17, 15) is 4.79 Å². The van der Waals surface area contributed by atoms with Crippen LogP contribution in [-0.4, -0.2) is 5.78 Å². The van der Waals surface area contributed by atoms with Crippen LogP contribution in [0.4, 0.5) is 0 Å². The van der Waals surface area contributed by atoms with Crippen LogP contribution in [0.5, 0.6) is 0 Å². The van der Waals surface area contributed by atoms with Crippen LogP contribution in [0.2, 0.25) is 0 Å². The lowest BCUT2D eigenvalue weighted by molar-refractivity contribution is -0.124. The van der Waals surface area contributed by atoms with Crippen molar-refractivity contribution in [2.45, 2.75) is 60.3 Å². The second-order valence-corrected chi connectivity index (χ2v) is 5.59. The van der Waals surface area contributed by atoms with Gasteiger partial charge in [-0.25, -0.2) is 0 Å². The fourth-order valence-electron chi connectivity index (χ4n) is 3.66. The van der Waals surface area contributed by atoms with Crippen molar-refractivity contribution < 1.29 is 4.79 Å². The summed E-state index contributed by atoms with van der Waals surface area (Å²) in [5.41, 5.74) is 0.265. The normalized spacial score (nSPS) is 37.9. The maximum atomic E-state index is 11.7. The number of carbonyl (C=O) groups is 1. The monoisotopic (exact) mass is 210 g/mol. The van der Waals surface area contributed by atoms with Crippen LogP contribution in [0.3, 0.4) is 0 Å². The Hall–Kier alpha value is -0.330. The first-order valence-corrected chi connectivity index (χ1v) is 6.47. The van der Waals surface area contributed by atoms with E-state index in [1.807, 2.05) is 0 Å². The summed E-state index contributed by atoms with van der Waals surface area (Å²) in [5, 5.41) is 0. The van der Waals surface area contributed by atoms with Gasteiger partial charge in [0.1, 0.15) is 5.78 Å². The summed E-state index contributed by atoms with van der Waals surface area (Å²) in [4.78, 5) is 11.7. The summed E-state index contributed by atoms with van der Waals surface area (Å²) in [7, 11) is 0. The van der Waals surface area contributed by atoms with E-state index < -0.39 is 0 Å². The molecule has 0 saturated heterocycles. The molecule has 0 aromatic carbocycles. The highest BCUT2D eigenvalue weighted by atomic mass is 16.1. The van der Waals surface area contributed by atoms with Gasteiger partial charge in [-0.1, -0.05) is 34.1 Å². The molecule has 0 aromatic heterocycles. The lowest BCUT2D eigenvalue weighted by atomic mass is 9.66. The number of Topliss-reactive ketones (excluding diaryl/α,β-unsaturated/α-hetero) is 1. The van der Waals surface area contributed by atoms with Crippen LogP contribution in [0.25, 0.3) is 0 Å². The SMILES string of the molecule is CCC(C)C1CCC(C(C)=O)C1(C)CC. The first-order valence-electron chi connectivity index (χ1n) is 6.47. The van der Waals surface area contributed by atoms with E-state index in [2.05, 4.69) is 27.7 Å². The van der Waals surface area contributed by atoms with Gasteiger partial charge in [-0.3, -0.25) is 4.79 Å². The number of ketones is 1. The van der Waals surface area contributed by atoms with Crippen LogP contribution < -0.4 is 0 Å². The molecule has 1 aliphatic rings. The van der Waals surface area contributed by atoms with Crippen LogP contribution in [0, 0.1) is 23.2 Å². The molecule has 1 nitrogen and oxygen atoms in total. The molecule has 0 heterocycles. The maximum Gasteiger partial charge on any atom is 0.133 e. The number of carbonyl (C=O) groups excluding carboxylic acids is 1. The Bertz CT molecular complexity index is 233. The van der Waals surface area contributed by atoms with E-state index >= 15 is 0 Å². The molecule has 1 saturated carbocycles. The van der Waals surface area contributed by atoms with E-state index in [0.717, 1.165) is 24.7 Å². The zero-order chi connectivity index (χ0) is 11.6. The van der Waals surface area contributed by atoms with Gasteiger partial charge in [-0.15, -0.1) is 0 Å². The van der Waals surface area contributed by atoms with Crippen molar-refractivity contribution in [3.8, 4) is 0 Å². The minimum Gasteiger partial charge on any atom is -0.300 e. The lowest BCUT2D eigenvalue weighted by Gasteiger charge is -2.38. The highest BCUT2D eigenvalue weighted by molar-refractivity contribution is 5.79. The van der Waals surface area contributed by atoms with Crippen molar-refractivity contribution in [2.75, 3.05) is 0 Å². The highest BCUT2D eigenvalue weighted by Gasteiger charge is 2.48. The van der Waals surface area contributed by atoms with E-state index in [0.29, 0.717) is 11.7 Å². The van der Waals surface area contributed by atoms with Crippen LogP contribution >= 0.6 is 0 Å². The molecule has 1 fully saturated rings. The molecule has 0 spiro atoms. The van der Waals surface area contributed by atoms with E-state index in [1.165, 1.54) is 12.8 Å². The van der Waals surface area contributed by atoms with Gasteiger partial charge in [-0.05, 0) is 43.4 Å². The Morgan fingerprint density at radius 3 is 2.40 bits per heavy atom. The van der Waals surface area contributed by atoms with Crippen molar-refractivity contribution in [3.05, 3.63) is 0 Å². The lowest BCUT2D eigenvalue weighted by Crippen LogP contribution is -2.34. The van der Waals surface area contributed by atoms with Crippen molar-refractivity contribution >= 4 is 5.78 Å². The predicted molar refractivity (Wildman–Crippen MR) is 64.7 cm³/mol. The van der Waals surface area contributed by atoms with E-state index in [-0.39, 0.29) is 5.41 Å². The molecule has 0 amide bonds. The quantitative estimate of drug-likeness (QED) is 0.683. The summed E-state index contributed by atoms with van der Waals surface area (Å²) in [6.07, 6.45) is 4.76. The fraction of sp³-hybridized carbons (Fsp3) is 0.929. The molecule has 15 heavy (non-hydrogen) atoms. The molecule has 88 valence electrons. The summed E-state index contributed by atoms with van der Waals surface area (Å²) in [6, 6.07) is 0. The average Bonchev–Trinajstić information content (AvgIpc) is 2.55. The molecule has 4 unspecified atom stereocenters. The van der Waals surface area contributed by atoms with Crippen LogP contribution in [-0.2, 0) is 4.79 Å². The standard InChI is InChI=1S/C14H26O/c1-6-10(3)12-8-9-13(11(4)15)14(12,5)7-2/h10,12-13H,6-9H2,1-5H3. The van der Waals surface area contributed by atoms with Crippen molar-refractivity contribution in [1.82, 2.24) is 0 Å². The van der Waals surface area contributed by atoms with Gasteiger partial charge in [0.2, 0.25) is 0 Å². The molecule has 0 radical (unpaired) electrons. The maximum absolute atomic E-state index is 11.7. The number of hydrogen-bond donors (Lipinski definition) is 0. The molecule has 0 N–H and O–H groups in total. The molecule has 0 bridgehead atoms. The predicted octanol–water partition coefficient (Wildman–Crippen LogP) is 4.06. The Labute approximate surface area is 94.6 Å². The van der Waals surface area contributed by atoms with Crippen LogP contribution in [0.15, 0.2) is 0 Å². The van der Waals surface area contributed by atoms with Gasteiger partial charge in [-0.2, -0.15) is 0 Å². The largest absolute Gasteiger partial charge is 0.300 e. The number of rotatable bonds is 4. The second-order valence-electron chi connectivity index (χ2n) is 5.59. The third-order valence-electron chi connectivity index (χ3n) is 4.99. The molecular formula is C14H26O. The van der Waals surface area contributed by atoms with Gasteiger partial charge >= 0.3 is 0 Å². The Balaban J connectivity index is 2.90. The first-order chi connectivity index (χ1) is 6.97. The molecule has 0 aliphatic heterocycles. The van der Waals surface area contributed by atoms with Gasteiger partial charge in [0.25, 0.3) is 0 Å². The topological polar surface area (TPSA) is 17.1 Å². The molecule has 1 aliphatic carbocycles. The van der Waals surface area contributed by atoms with Gasteiger partial charge in [0.15, 0.2) is 0 Å². The van der Waals surface area contributed by atoms with Crippen molar-refractivity contribution in [3.63, 3.8) is 0 Å². The van der Waals surface area contributed by atoms with Gasteiger partial charge in [0, 0.05) is 5.92 Å². The Morgan fingerprint density at radius 1 is 1.40 bits per heavy atom. The number of hydrogen-bond acceptors (Lipinski definition) is 1. The smallest absolute Gasteiger partial charge is 0.133 e. The zero-order valence-corrected chi connectivity index (χ0v) is 11.0. The Morgan fingerprint density at radius 2 is 2.00 bits per heavy atom. The summed E-state index contributed by atoms with van der Waals surface area (Å²) < 4.78 is 0. The minimum absolute atomic E-state index is 0.265. The van der Waals surface area contributed by atoms with E-state index in [1.54, 1.807) is 6.92 Å². The zero-order valence-electron chi connectivity index (χ0n) is 11.0. The fourth-order valence-corrected chi connectivity index (χ4v) is 3.66. The Kier molecular flexibility index (Phi) is 3.97. The van der Waals surface area contributed by atoms with Crippen molar-refractivity contribution in [1.29, 1.82) is 0 Å². The third-order valence-corrected chi connectivity index (χ3v) is 4.99. The van der Waals surface area contributed by atoms with Gasteiger partial charge < -0.3 is 0 Å².